The number of sulfonamides is 1. The lowest BCUT2D eigenvalue weighted by Gasteiger charge is -2.38. The van der Waals surface area contributed by atoms with Gasteiger partial charge in [-0.1, -0.05) is 19.3 Å². The maximum absolute atomic E-state index is 12.6. The summed E-state index contributed by atoms with van der Waals surface area (Å²) < 4.78 is 27.1. The summed E-state index contributed by atoms with van der Waals surface area (Å²) in [6.07, 6.45) is 7.57. The summed E-state index contributed by atoms with van der Waals surface area (Å²) in [7, 11) is -3.02. The minimum Gasteiger partial charge on any atom is -0.298 e. The molecule has 0 radical (unpaired) electrons. The van der Waals surface area contributed by atoms with Crippen molar-refractivity contribution in [3.8, 4) is 0 Å². The normalized spacial score (nSPS) is 32.6. The Morgan fingerprint density at radius 3 is 2.39 bits per heavy atom. The number of nitrogens with zero attached hydrogens (tertiary/aromatic N) is 2. The number of fused-ring (bicyclic) bond motifs is 1. The van der Waals surface area contributed by atoms with E-state index < -0.39 is 10.0 Å². The van der Waals surface area contributed by atoms with Crippen LogP contribution in [-0.4, -0.2) is 55.1 Å². The van der Waals surface area contributed by atoms with Gasteiger partial charge in [0.15, 0.2) is 0 Å². The van der Waals surface area contributed by atoms with Crippen LogP contribution < -0.4 is 0 Å². The van der Waals surface area contributed by atoms with Crippen LogP contribution in [0.3, 0.4) is 0 Å². The van der Waals surface area contributed by atoms with Crippen molar-refractivity contribution in [1.29, 1.82) is 0 Å². The molecule has 0 N–H and O–H groups in total. The highest BCUT2D eigenvalue weighted by atomic mass is 32.2. The second-order valence-electron chi connectivity index (χ2n) is 5.99. The van der Waals surface area contributed by atoms with Gasteiger partial charge in [0, 0.05) is 25.7 Å². The van der Waals surface area contributed by atoms with Crippen molar-refractivity contribution in [3.63, 3.8) is 0 Å². The summed E-state index contributed by atoms with van der Waals surface area (Å²) in [6.45, 7) is 3.58. The molecule has 18 heavy (non-hydrogen) atoms. The Morgan fingerprint density at radius 1 is 0.833 bits per heavy atom. The maximum atomic E-state index is 12.6. The van der Waals surface area contributed by atoms with Crippen molar-refractivity contribution in [2.75, 3.05) is 26.2 Å². The third-order valence-corrected chi connectivity index (χ3v) is 7.25. The zero-order valence-corrected chi connectivity index (χ0v) is 11.9. The van der Waals surface area contributed by atoms with E-state index in [9.17, 15) is 8.42 Å². The molecule has 104 valence electrons. The third-order valence-electron chi connectivity index (χ3n) is 4.88. The van der Waals surface area contributed by atoms with Crippen molar-refractivity contribution in [3.05, 3.63) is 0 Å². The fourth-order valence-electron chi connectivity index (χ4n) is 3.77. The molecule has 3 rings (SSSR count). The summed E-state index contributed by atoms with van der Waals surface area (Å²) >= 11 is 0. The first-order valence-electron chi connectivity index (χ1n) is 7.41. The highest BCUT2D eigenvalue weighted by Crippen LogP contribution is 2.29. The summed E-state index contributed by atoms with van der Waals surface area (Å²) in [6, 6.07) is 0.497. The van der Waals surface area contributed by atoms with Crippen molar-refractivity contribution >= 4 is 10.0 Å². The van der Waals surface area contributed by atoms with E-state index in [1.54, 1.807) is 4.31 Å². The van der Waals surface area contributed by atoms with Gasteiger partial charge in [0.25, 0.3) is 0 Å². The van der Waals surface area contributed by atoms with Crippen LogP contribution in [0.25, 0.3) is 0 Å². The zero-order valence-electron chi connectivity index (χ0n) is 11.1. The van der Waals surface area contributed by atoms with Gasteiger partial charge < -0.3 is 0 Å². The Kier molecular flexibility index (Phi) is 3.65. The highest BCUT2D eigenvalue weighted by molar-refractivity contribution is 7.89. The van der Waals surface area contributed by atoms with Crippen LogP contribution in [0.4, 0.5) is 0 Å². The zero-order chi connectivity index (χ0) is 12.6. The molecule has 0 aromatic heterocycles. The minimum absolute atomic E-state index is 0.0841. The predicted molar refractivity (Wildman–Crippen MR) is 72.0 cm³/mol. The van der Waals surface area contributed by atoms with Gasteiger partial charge in [-0.3, -0.25) is 4.90 Å². The van der Waals surface area contributed by atoms with E-state index in [1.807, 2.05) is 0 Å². The van der Waals surface area contributed by atoms with E-state index in [2.05, 4.69) is 4.90 Å². The first-order valence-corrected chi connectivity index (χ1v) is 8.91. The lowest BCUT2D eigenvalue weighted by atomic mass is 10.0. The molecule has 1 atom stereocenters. The molecule has 0 spiro atoms. The fraction of sp³-hybridized carbons (Fsp3) is 1.00. The van der Waals surface area contributed by atoms with Crippen molar-refractivity contribution in [2.45, 2.75) is 56.2 Å². The molecule has 3 aliphatic rings. The van der Waals surface area contributed by atoms with Gasteiger partial charge in [-0.25, -0.2) is 8.42 Å². The van der Waals surface area contributed by atoms with E-state index in [0.29, 0.717) is 6.04 Å². The molecular formula is C13H24N2O2S. The van der Waals surface area contributed by atoms with Gasteiger partial charge in [0.1, 0.15) is 0 Å². The fourth-order valence-corrected chi connectivity index (χ4v) is 5.83. The second-order valence-corrected chi connectivity index (χ2v) is 8.21. The molecule has 3 fully saturated rings. The van der Waals surface area contributed by atoms with Gasteiger partial charge in [0.05, 0.1) is 5.25 Å². The van der Waals surface area contributed by atoms with Crippen molar-refractivity contribution < 1.29 is 8.42 Å². The Bertz CT molecular complexity index is 390. The highest BCUT2D eigenvalue weighted by Gasteiger charge is 2.39. The topological polar surface area (TPSA) is 40.6 Å². The van der Waals surface area contributed by atoms with Gasteiger partial charge >= 0.3 is 0 Å². The molecule has 2 heterocycles. The Morgan fingerprint density at radius 2 is 1.61 bits per heavy atom. The average molecular weight is 272 g/mol. The molecule has 2 aliphatic heterocycles. The van der Waals surface area contributed by atoms with Crippen molar-refractivity contribution in [2.24, 2.45) is 0 Å². The Balaban J connectivity index is 1.69. The smallest absolute Gasteiger partial charge is 0.217 e. The molecule has 1 saturated carbocycles. The van der Waals surface area contributed by atoms with E-state index in [1.165, 1.54) is 25.8 Å². The van der Waals surface area contributed by atoms with E-state index in [4.69, 9.17) is 0 Å². The minimum atomic E-state index is -3.02. The molecule has 1 unspecified atom stereocenters. The largest absolute Gasteiger partial charge is 0.298 e. The van der Waals surface area contributed by atoms with Crippen LogP contribution in [-0.2, 0) is 10.0 Å². The molecule has 0 aromatic rings. The number of piperazine rings is 1. The standard InChI is InChI=1S/C13H24N2O2S/c16-18(17,13-6-2-1-3-7-13)15-10-9-14-8-4-5-12(14)11-15/h12-13H,1-11H2. The molecule has 2 saturated heterocycles. The van der Waals surface area contributed by atoms with Crippen LogP contribution in [0, 0.1) is 0 Å². The molecular weight excluding hydrogens is 248 g/mol. The summed E-state index contributed by atoms with van der Waals surface area (Å²) in [4.78, 5) is 2.47. The second kappa shape index (κ2) is 5.10. The summed E-state index contributed by atoms with van der Waals surface area (Å²) in [5, 5.41) is -0.0841. The SMILES string of the molecule is O=S(=O)(C1CCCCC1)N1CCN2CCCC2C1. The van der Waals surface area contributed by atoms with E-state index in [0.717, 1.165) is 45.3 Å². The summed E-state index contributed by atoms with van der Waals surface area (Å²) in [5.74, 6) is 0. The molecule has 5 heteroatoms. The predicted octanol–water partition coefficient (Wildman–Crippen LogP) is 1.43. The van der Waals surface area contributed by atoms with Gasteiger partial charge in [-0.15, -0.1) is 0 Å². The van der Waals surface area contributed by atoms with Crippen LogP contribution in [0.5, 0.6) is 0 Å². The molecule has 0 amide bonds. The Hall–Kier alpha value is -0.130. The number of hydrogen-bond acceptors (Lipinski definition) is 3. The molecule has 0 aromatic carbocycles. The van der Waals surface area contributed by atoms with Gasteiger partial charge in [0.2, 0.25) is 10.0 Å². The van der Waals surface area contributed by atoms with Gasteiger partial charge in [-0.2, -0.15) is 4.31 Å². The third kappa shape index (κ3) is 2.32. The maximum Gasteiger partial charge on any atom is 0.217 e. The first-order chi connectivity index (χ1) is 8.68. The quantitative estimate of drug-likeness (QED) is 0.763. The molecule has 0 bridgehead atoms. The monoisotopic (exact) mass is 272 g/mol. The van der Waals surface area contributed by atoms with E-state index in [-0.39, 0.29) is 5.25 Å². The van der Waals surface area contributed by atoms with Crippen LogP contribution in [0.2, 0.25) is 0 Å². The lowest BCUT2D eigenvalue weighted by molar-refractivity contribution is 0.157. The van der Waals surface area contributed by atoms with Gasteiger partial charge in [-0.05, 0) is 32.2 Å². The number of hydrogen-bond donors (Lipinski definition) is 0. The molecule has 4 nitrogen and oxygen atoms in total. The molecule has 1 aliphatic carbocycles. The van der Waals surface area contributed by atoms with Crippen molar-refractivity contribution in [1.82, 2.24) is 9.21 Å². The van der Waals surface area contributed by atoms with Crippen LogP contribution in [0.1, 0.15) is 44.9 Å². The summed E-state index contributed by atoms with van der Waals surface area (Å²) in [5.41, 5.74) is 0. The lowest BCUT2D eigenvalue weighted by Crippen LogP contribution is -2.54. The van der Waals surface area contributed by atoms with Crippen LogP contribution >= 0.6 is 0 Å². The first kappa shape index (κ1) is 12.9. The number of rotatable bonds is 2. The van der Waals surface area contributed by atoms with E-state index >= 15 is 0 Å². The Labute approximate surface area is 110 Å². The average Bonchev–Trinajstić information content (AvgIpc) is 2.87. The van der Waals surface area contributed by atoms with Crippen LogP contribution in [0.15, 0.2) is 0 Å².